The van der Waals surface area contributed by atoms with Crippen LogP contribution in [0.5, 0.6) is 0 Å². The van der Waals surface area contributed by atoms with Crippen LogP contribution >= 0.6 is 11.8 Å². The smallest absolute Gasteiger partial charge is 0.287 e. The first-order valence-electron chi connectivity index (χ1n) is 5.07. The Morgan fingerprint density at radius 1 is 1.39 bits per heavy atom. The predicted molar refractivity (Wildman–Crippen MR) is 68.4 cm³/mol. The highest BCUT2D eigenvalue weighted by Crippen LogP contribution is 2.31. The zero-order valence-electron chi connectivity index (χ0n) is 9.53. The molecule has 0 fully saturated rings. The molecule has 0 saturated heterocycles. The highest BCUT2D eigenvalue weighted by molar-refractivity contribution is 7.99. The zero-order valence-corrected chi connectivity index (χ0v) is 10.3. The van der Waals surface area contributed by atoms with Gasteiger partial charge >= 0.3 is 0 Å². The number of hydrogen-bond acceptors (Lipinski definition) is 6. The van der Waals surface area contributed by atoms with E-state index in [1.807, 2.05) is 0 Å². The Hall–Kier alpha value is -2.15. The van der Waals surface area contributed by atoms with Crippen molar-refractivity contribution in [1.29, 1.82) is 0 Å². The third kappa shape index (κ3) is 2.57. The third-order valence-corrected chi connectivity index (χ3v) is 3.38. The lowest BCUT2D eigenvalue weighted by Gasteiger charge is -2.05. The number of nitrogens with two attached hydrogens (primary N) is 1. The van der Waals surface area contributed by atoms with Crippen LogP contribution in [0, 0.1) is 17.0 Å². The summed E-state index contributed by atoms with van der Waals surface area (Å²) in [5.74, 6) is 0. The molecule has 0 amide bonds. The number of nitrogens with zero attached hydrogens (tertiary/aromatic N) is 3. The summed E-state index contributed by atoms with van der Waals surface area (Å²) in [5.41, 5.74) is 7.03. The van der Waals surface area contributed by atoms with E-state index in [0.29, 0.717) is 15.7 Å². The minimum Gasteiger partial charge on any atom is -0.397 e. The number of pyridine rings is 2. The van der Waals surface area contributed by atoms with Crippen LogP contribution in [-0.4, -0.2) is 14.9 Å². The molecule has 2 rings (SSSR count). The maximum absolute atomic E-state index is 10.6. The van der Waals surface area contributed by atoms with E-state index in [2.05, 4.69) is 9.97 Å². The molecule has 0 aromatic carbocycles. The Morgan fingerprint density at radius 2 is 2.17 bits per heavy atom. The van der Waals surface area contributed by atoms with Gasteiger partial charge in [-0.05, 0) is 36.4 Å². The average molecular weight is 262 g/mol. The molecule has 7 heteroatoms. The Kier molecular flexibility index (Phi) is 3.42. The van der Waals surface area contributed by atoms with E-state index in [-0.39, 0.29) is 5.69 Å². The Morgan fingerprint density at radius 3 is 2.78 bits per heavy atom. The van der Waals surface area contributed by atoms with Crippen molar-refractivity contribution in [3.8, 4) is 0 Å². The molecule has 2 aromatic heterocycles. The summed E-state index contributed by atoms with van der Waals surface area (Å²) in [5, 5.41) is 11.9. The van der Waals surface area contributed by atoms with Gasteiger partial charge in [0.2, 0.25) is 0 Å². The number of anilines is 1. The SMILES string of the molecule is Cc1cc([N+](=O)[O-])cnc1Sc1ncccc1N. The van der Waals surface area contributed by atoms with E-state index < -0.39 is 4.92 Å². The van der Waals surface area contributed by atoms with Gasteiger partial charge in [-0.1, -0.05) is 0 Å². The van der Waals surface area contributed by atoms with Gasteiger partial charge in [-0.25, -0.2) is 9.97 Å². The van der Waals surface area contributed by atoms with E-state index in [4.69, 9.17) is 5.73 Å². The lowest BCUT2D eigenvalue weighted by atomic mass is 10.3. The molecule has 0 spiro atoms. The molecular weight excluding hydrogens is 252 g/mol. The molecule has 0 saturated carbocycles. The van der Waals surface area contributed by atoms with Gasteiger partial charge in [-0.2, -0.15) is 0 Å². The van der Waals surface area contributed by atoms with Crippen LogP contribution in [-0.2, 0) is 0 Å². The summed E-state index contributed by atoms with van der Waals surface area (Å²) in [7, 11) is 0. The Balaban J connectivity index is 2.30. The van der Waals surface area contributed by atoms with Crippen LogP contribution in [0.3, 0.4) is 0 Å². The Labute approximate surface area is 107 Å². The number of hydrogen-bond donors (Lipinski definition) is 1. The molecular formula is C11H10N4O2S. The molecule has 92 valence electrons. The van der Waals surface area contributed by atoms with Gasteiger partial charge in [0, 0.05) is 12.3 Å². The van der Waals surface area contributed by atoms with Crippen molar-refractivity contribution in [1.82, 2.24) is 9.97 Å². The van der Waals surface area contributed by atoms with Crippen molar-refractivity contribution in [3.63, 3.8) is 0 Å². The number of aryl methyl sites for hydroxylation is 1. The molecule has 0 atom stereocenters. The van der Waals surface area contributed by atoms with Crippen LogP contribution < -0.4 is 5.73 Å². The fraction of sp³-hybridized carbons (Fsp3) is 0.0909. The number of aromatic nitrogens is 2. The van der Waals surface area contributed by atoms with Gasteiger partial charge in [-0.3, -0.25) is 10.1 Å². The molecule has 2 aromatic rings. The molecule has 0 aliphatic rings. The number of rotatable bonds is 3. The molecule has 2 N–H and O–H groups in total. The van der Waals surface area contributed by atoms with Crippen LogP contribution in [0.2, 0.25) is 0 Å². The summed E-state index contributed by atoms with van der Waals surface area (Å²) < 4.78 is 0. The van der Waals surface area contributed by atoms with Crippen LogP contribution in [0.4, 0.5) is 11.4 Å². The van der Waals surface area contributed by atoms with Crippen molar-refractivity contribution >= 4 is 23.1 Å². The molecule has 18 heavy (non-hydrogen) atoms. The topological polar surface area (TPSA) is 94.9 Å². The second kappa shape index (κ2) is 5.01. The van der Waals surface area contributed by atoms with Crippen molar-refractivity contribution in [2.75, 3.05) is 5.73 Å². The van der Waals surface area contributed by atoms with E-state index in [0.717, 1.165) is 5.56 Å². The molecule has 2 heterocycles. The lowest BCUT2D eigenvalue weighted by Crippen LogP contribution is -1.95. The van der Waals surface area contributed by atoms with E-state index in [1.165, 1.54) is 24.0 Å². The fourth-order valence-electron chi connectivity index (χ4n) is 1.33. The first-order valence-corrected chi connectivity index (χ1v) is 5.89. The number of nitrogen functional groups attached to an aromatic ring is 1. The summed E-state index contributed by atoms with van der Waals surface area (Å²) in [6, 6.07) is 4.97. The average Bonchev–Trinajstić information content (AvgIpc) is 2.34. The summed E-state index contributed by atoms with van der Waals surface area (Å²) >= 11 is 1.29. The predicted octanol–water partition coefficient (Wildman–Crippen LogP) is 2.43. The Bertz CT molecular complexity index is 603. The van der Waals surface area contributed by atoms with E-state index in [9.17, 15) is 10.1 Å². The first-order chi connectivity index (χ1) is 8.58. The van der Waals surface area contributed by atoms with Gasteiger partial charge < -0.3 is 5.73 Å². The lowest BCUT2D eigenvalue weighted by molar-refractivity contribution is -0.385. The van der Waals surface area contributed by atoms with E-state index >= 15 is 0 Å². The molecule has 6 nitrogen and oxygen atoms in total. The molecule has 0 aliphatic carbocycles. The zero-order chi connectivity index (χ0) is 13.1. The third-order valence-electron chi connectivity index (χ3n) is 2.22. The second-order valence-electron chi connectivity index (χ2n) is 3.57. The summed E-state index contributed by atoms with van der Waals surface area (Å²) in [6.45, 7) is 1.77. The molecule has 0 unspecified atom stereocenters. The standard InChI is InChI=1S/C11H10N4O2S/c1-7-5-8(15(16)17)6-14-10(7)18-11-9(12)3-2-4-13-11/h2-6H,12H2,1H3. The van der Waals surface area contributed by atoms with Crippen molar-refractivity contribution < 1.29 is 4.92 Å². The minimum absolute atomic E-state index is 0.0224. The number of nitro groups is 1. The maximum atomic E-state index is 10.6. The van der Waals surface area contributed by atoms with Gasteiger partial charge in [0.25, 0.3) is 5.69 Å². The quantitative estimate of drug-likeness (QED) is 0.674. The summed E-state index contributed by atoms with van der Waals surface area (Å²) in [6.07, 6.45) is 2.87. The molecule has 0 aliphatic heterocycles. The molecule has 0 bridgehead atoms. The van der Waals surface area contributed by atoms with Crippen molar-refractivity contribution in [2.24, 2.45) is 0 Å². The first kappa shape index (κ1) is 12.3. The van der Waals surface area contributed by atoms with Gasteiger partial charge in [0.15, 0.2) is 0 Å². The van der Waals surface area contributed by atoms with Crippen LogP contribution in [0.15, 0.2) is 40.6 Å². The highest BCUT2D eigenvalue weighted by Gasteiger charge is 2.12. The van der Waals surface area contributed by atoms with Crippen LogP contribution in [0.25, 0.3) is 0 Å². The summed E-state index contributed by atoms with van der Waals surface area (Å²) in [4.78, 5) is 18.3. The normalized spacial score (nSPS) is 10.3. The largest absolute Gasteiger partial charge is 0.397 e. The van der Waals surface area contributed by atoms with Crippen molar-refractivity contribution in [2.45, 2.75) is 17.0 Å². The van der Waals surface area contributed by atoms with E-state index in [1.54, 1.807) is 25.3 Å². The minimum atomic E-state index is -0.469. The van der Waals surface area contributed by atoms with Gasteiger partial charge in [0.1, 0.15) is 16.2 Å². The second-order valence-corrected chi connectivity index (χ2v) is 4.55. The van der Waals surface area contributed by atoms with Crippen molar-refractivity contribution in [3.05, 3.63) is 46.3 Å². The monoisotopic (exact) mass is 262 g/mol. The highest BCUT2D eigenvalue weighted by atomic mass is 32.2. The van der Waals surface area contributed by atoms with Gasteiger partial charge in [0.05, 0.1) is 10.6 Å². The molecule has 0 radical (unpaired) electrons. The van der Waals surface area contributed by atoms with Gasteiger partial charge in [-0.15, -0.1) is 0 Å². The fourth-order valence-corrected chi connectivity index (χ4v) is 2.14. The van der Waals surface area contributed by atoms with Crippen LogP contribution in [0.1, 0.15) is 5.56 Å². The maximum Gasteiger partial charge on any atom is 0.287 e.